The van der Waals surface area contributed by atoms with Crippen LogP contribution in [0.15, 0.2) is 6.07 Å². The molecule has 2 rings (SSSR count). The highest BCUT2D eigenvalue weighted by Crippen LogP contribution is 2.32. The summed E-state index contributed by atoms with van der Waals surface area (Å²) in [5.74, 6) is 0.581. The summed E-state index contributed by atoms with van der Waals surface area (Å²) >= 11 is 0. The smallest absolute Gasteiger partial charge is 0.0341 e. The van der Waals surface area contributed by atoms with Crippen molar-refractivity contribution in [2.24, 2.45) is 11.7 Å². The number of hydrogen-bond donors (Lipinski definition) is 2. The van der Waals surface area contributed by atoms with Crippen molar-refractivity contribution in [2.75, 3.05) is 13.1 Å². The van der Waals surface area contributed by atoms with Crippen molar-refractivity contribution in [3.63, 3.8) is 0 Å². The van der Waals surface area contributed by atoms with Crippen molar-refractivity contribution < 1.29 is 0 Å². The van der Waals surface area contributed by atoms with E-state index in [0.29, 0.717) is 5.92 Å². The van der Waals surface area contributed by atoms with Gasteiger partial charge in [-0.15, -0.1) is 0 Å². The zero-order chi connectivity index (χ0) is 13.3. The maximum Gasteiger partial charge on any atom is 0.0341 e. The molecule has 1 aromatic rings. The summed E-state index contributed by atoms with van der Waals surface area (Å²) in [7, 11) is 0. The summed E-state index contributed by atoms with van der Waals surface area (Å²) in [6.07, 6.45) is 2.50. The Bertz CT molecular complexity index is 405. The number of nitrogens with two attached hydrogens (primary N) is 1. The molecule has 0 amide bonds. The number of rotatable bonds is 2. The number of benzene rings is 1. The maximum absolute atomic E-state index is 6.57. The fourth-order valence-electron chi connectivity index (χ4n) is 3.17. The predicted octanol–water partition coefficient (Wildman–Crippen LogP) is 2.92. The topological polar surface area (TPSA) is 38.0 Å². The molecule has 1 aliphatic heterocycles. The van der Waals surface area contributed by atoms with Crippen LogP contribution in [0.2, 0.25) is 0 Å². The van der Waals surface area contributed by atoms with Gasteiger partial charge in [-0.25, -0.2) is 0 Å². The molecule has 2 nitrogen and oxygen atoms in total. The van der Waals surface area contributed by atoms with Gasteiger partial charge in [0, 0.05) is 6.04 Å². The van der Waals surface area contributed by atoms with Crippen LogP contribution in [0, 0.1) is 33.6 Å². The van der Waals surface area contributed by atoms with E-state index in [-0.39, 0.29) is 6.04 Å². The van der Waals surface area contributed by atoms with Gasteiger partial charge in [-0.2, -0.15) is 0 Å². The monoisotopic (exact) mass is 246 g/mol. The highest BCUT2D eigenvalue weighted by Gasteiger charge is 2.25. The fourth-order valence-corrected chi connectivity index (χ4v) is 3.17. The second-order valence-electron chi connectivity index (χ2n) is 5.81. The van der Waals surface area contributed by atoms with Gasteiger partial charge in [0.25, 0.3) is 0 Å². The highest BCUT2D eigenvalue weighted by molar-refractivity contribution is 5.45. The van der Waals surface area contributed by atoms with Gasteiger partial charge in [-0.3, -0.25) is 0 Å². The van der Waals surface area contributed by atoms with E-state index in [1.165, 1.54) is 40.7 Å². The van der Waals surface area contributed by atoms with Gasteiger partial charge >= 0.3 is 0 Å². The summed E-state index contributed by atoms with van der Waals surface area (Å²) in [5, 5.41) is 3.47. The summed E-state index contributed by atoms with van der Waals surface area (Å²) in [6, 6.07) is 2.46. The Labute approximate surface area is 111 Å². The second kappa shape index (κ2) is 5.41. The molecule has 0 saturated carbocycles. The molecule has 2 heteroatoms. The molecule has 1 heterocycles. The van der Waals surface area contributed by atoms with Crippen molar-refractivity contribution >= 4 is 0 Å². The molecule has 0 aliphatic carbocycles. The maximum atomic E-state index is 6.57. The Morgan fingerprint density at radius 2 is 1.78 bits per heavy atom. The number of nitrogens with one attached hydrogen (secondary N) is 1. The molecule has 1 aromatic carbocycles. The lowest BCUT2D eigenvalue weighted by atomic mass is 9.82. The van der Waals surface area contributed by atoms with Gasteiger partial charge in [0.1, 0.15) is 0 Å². The Morgan fingerprint density at radius 1 is 1.17 bits per heavy atom. The molecule has 0 aromatic heterocycles. The van der Waals surface area contributed by atoms with Crippen LogP contribution in [0.1, 0.15) is 46.7 Å². The Kier molecular flexibility index (Phi) is 4.08. The first-order valence-electron chi connectivity index (χ1n) is 7.06. The average Bonchev–Trinajstić information content (AvgIpc) is 2.37. The van der Waals surface area contributed by atoms with Crippen LogP contribution < -0.4 is 11.1 Å². The van der Waals surface area contributed by atoms with E-state index < -0.39 is 0 Å². The predicted molar refractivity (Wildman–Crippen MR) is 77.9 cm³/mol. The number of piperidine rings is 1. The van der Waals surface area contributed by atoms with Gasteiger partial charge < -0.3 is 11.1 Å². The SMILES string of the molecule is Cc1cc(C)c(C)c(C(N)C2CCCNC2)c1C. The summed E-state index contributed by atoms with van der Waals surface area (Å²) < 4.78 is 0. The molecule has 1 saturated heterocycles. The van der Waals surface area contributed by atoms with Gasteiger partial charge in [0.2, 0.25) is 0 Å². The first-order valence-corrected chi connectivity index (χ1v) is 7.06. The van der Waals surface area contributed by atoms with Crippen LogP contribution in [0.25, 0.3) is 0 Å². The summed E-state index contributed by atoms with van der Waals surface area (Å²) in [6.45, 7) is 11.0. The number of hydrogen-bond acceptors (Lipinski definition) is 2. The molecule has 2 atom stereocenters. The van der Waals surface area contributed by atoms with Crippen LogP contribution in [-0.2, 0) is 0 Å². The van der Waals surface area contributed by atoms with Crippen molar-refractivity contribution in [1.82, 2.24) is 5.32 Å². The first-order chi connectivity index (χ1) is 8.52. The lowest BCUT2D eigenvalue weighted by molar-refractivity contribution is 0.325. The minimum atomic E-state index is 0.177. The van der Waals surface area contributed by atoms with Crippen LogP contribution in [0.3, 0.4) is 0 Å². The van der Waals surface area contributed by atoms with E-state index in [1.54, 1.807) is 0 Å². The third-order valence-electron chi connectivity index (χ3n) is 4.60. The molecule has 0 radical (unpaired) electrons. The van der Waals surface area contributed by atoms with Crippen molar-refractivity contribution in [3.8, 4) is 0 Å². The number of aryl methyl sites for hydroxylation is 2. The minimum absolute atomic E-state index is 0.177. The first kappa shape index (κ1) is 13.6. The molecule has 3 N–H and O–H groups in total. The quantitative estimate of drug-likeness (QED) is 0.842. The molecule has 100 valence electrons. The molecular weight excluding hydrogens is 220 g/mol. The Balaban J connectivity index is 2.37. The summed E-state index contributed by atoms with van der Waals surface area (Å²) in [4.78, 5) is 0. The zero-order valence-electron chi connectivity index (χ0n) is 12.1. The van der Waals surface area contributed by atoms with E-state index in [1.807, 2.05) is 0 Å². The van der Waals surface area contributed by atoms with E-state index in [0.717, 1.165) is 13.1 Å². The zero-order valence-corrected chi connectivity index (χ0v) is 12.1. The van der Waals surface area contributed by atoms with Gasteiger partial charge in [-0.1, -0.05) is 6.07 Å². The minimum Gasteiger partial charge on any atom is -0.324 e. The molecule has 2 unspecified atom stereocenters. The molecule has 18 heavy (non-hydrogen) atoms. The van der Waals surface area contributed by atoms with E-state index in [4.69, 9.17) is 5.73 Å². The van der Waals surface area contributed by atoms with Crippen LogP contribution in [0.5, 0.6) is 0 Å². The largest absolute Gasteiger partial charge is 0.324 e. The lowest BCUT2D eigenvalue weighted by Crippen LogP contribution is -2.37. The van der Waals surface area contributed by atoms with Gasteiger partial charge in [-0.05, 0) is 87.4 Å². The van der Waals surface area contributed by atoms with Crippen LogP contribution in [-0.4, -0.2) is 13.1 Å². The fraction of sp³-hybridized carbons (Fsp3) is 0.625. The average molecular weight is 246 g/mol. The van der Waals surface area contributed by atoms with E-state index in [9.17, 15) is 0 Å². The van der Waals surface area contributed by atoms with E-state index in [2.05, 4.69) is 39.1 Å². The summed E-state index contributed by atoms with van der Waals surface area (Å²) in [5.41, 5.74) is 13.5. The van der Waals surface area contributed by atoms with Crippen LogP contribution in [0.4, 0.5) is 0 Å². The van der Waals surface area contributed by atoms with Crippen molar-refractivity contribution in [1.29, 1.82) is 0 Å². The Hall–Kier alpha value is -0.860. The molecule has 1 fully saturated rings. The van der Waals surface area contributed by atoms with Crippen LogP contribution >= 0.6 is 0 Å². The van der Waals surface area contributed by atoms with Crippen molar-refractivity contribution in [2.45, 2.75) is 46.6 Å². The standard InChI is InChI=1S/C16H26N2/c1-10-8-11(2)13(4)15(12(10)3)16(17)14-6-5-7-18-9-14/h8,14,16,18H,5-7,9,17H2,1-4H3. The van der Waals surface area contributed by atoms with E-state index >= 15 is 0 Å². The lowest BCUT2D eigenvalue weighted by Gasteiger charge is -2.31. The Morgan fingerprint density at radius 3 is 2.28 bits per heavy atom. The molecule has 0 bridgehead atoms. The normalized spacial score (nSPS) is 21.9. The molecular formula is C16H26N2. The second-order valence-corrected chi connectivity index (χ2v) is 5.81. The molecule has 0 spiro atoms. The third-order valence-corrected chi connectivity index (χ3v) is 4.60. The van der Waals surface area contributed by atoms with Gasteiger partial charge in [0.05, 0.1) is 0 Å². The third kappa shape index (κ3) is 2.45. The van der Waals surface area contributed by atoms with Crippen molar-refractivity contribution in [3.05, 3.63) is 33.9 Å². The highest BCUT2D eigenvalue weighted by atomic mass is 14.9. The van der Waals surface area contributed by atoms with Gasteiger partial charge in [0.15, 0.2) is 0 Å². The molecule has 1 aliphatic rings.